The Balaban J connectivity index is 1.60. The first-order chi connectivity index (χ1) is 14.4. The number of carbonyl (C=O) groups excluding carboxylic acids is 2. The molecule has 1 fully saturated rings. The van der Waals surface area contributed by atoms with Crippen molar-refractivity contribution in [1.82, 2.24) is 14.6 Å². The van der Waals surface area contributed by atoms with Gasteiger partial charge in [-0.15, -0.1) is 0 Å². The van der Waals surface area contributed by atoms with Crippen LogP contribution in [0, 0.1) is 5.92 Å². The highest BCUT2D eigenvalue weighted by Gasteiger charge is 2.30. The number of para-hydroxylation sites is 1. The van der Waals surface area contributed by atoms with Gasteiger partial charge < -0.3 is 10.6 Å². The normalized spacial score (nSPS) is 15.5. The van der Waals surface area contributed by atoms with E-state index in [0.29, 0.717) is 43.7 Å². The summed E-state index contributed by atoms with van der Waals surface area (Å²) in [6, 6.07) is 10.5. The molecule has 160 valence electrons. The lowest BCUT2D eigenvalue weighted by atomic mass is 9.97. The van der Waals surface area contributed by atoms with Crippen LogP contribution in [0.2, 0.25) is 0 Å². The lowest BCUT2D eigenvalue weighted by molar-refractivity contribution is -0.120. The van der Waals surface area contributed by atoms with Crippen LogP contribution in [0.15, 0.2) is 48.8 Å². The van der Waals surface area contributed by atoms with Crippen molar-refractivity contribution in [2.75, 3.05) is 24.2 Å². The second kappa shape index (κ2) is 9.82. The third-order valence-corrected chi connectivity index (χ3v) is 7.07. The van der Waals surface area contributed by atoms with Gasteiger partial charge in [-0.25, -0.2) is 12.7 Å². The molecule has 1 aliphatic rings. The van der Waals surface area contributed by atoms with Crippen LogP contribution >= 0.6 is 0 Å². The van der Waals surface area contributed by atoms with Crippen molar-refractivity contribution in [3.63, 3.8) is 0 Å². The number of hydrogen-bond acceptors (Lipinski definition) is 5. The maximum absolute atomic E-state index is 12.7. The van der Waals surface area contributed by atoms with Crippen molar-refractivity contribution in [2.45, 2.75) is 26.3 Å². The van der Waals surface area contributed by atoms with Crippen molar-refractivity contribution >= 4 is 27.5 Å². The first-order valence-electron chi connectivity index (χ1n) is 9.95. The molecule has 0 unspecified atom stereocenters. The summed E-state index contributed by atoms with van der Waals surface area (Å²) in [6.45, 7) is 2.62. The van der Waals surface area contributed by atoms with Gasteiger partial charge in [0.25, 0.3) is 5.91 Å². The molecule has 3 rings (SSSR count). The fraction of sp³-hybridized carbons (Fsp3) is 0.381. The number of aromatic nitrogens is 1. The molecule has 1 saturated heterocycles. The van der Waals surface area contributed by atoms with Crippen molar-refractivity contribution in [1.29, 1.82) is 0 Å². The Hall–Kier alpha value is -2.78. The summed E-state index contributed by atoms with van der Waals surface area (Å²) >= 11 is 0. The molecule has 0 bridgehead atoms. The molecule has 1 aromatic heterocycles. The Morgan fingerprint density at radius 1 is 1.13 bits per heavy atom. The number of anilines is 1. The first-order valence-corrected chi connectivity index (χ1v) is 11.6. The predicted octanol–water partition coefficient (Wildman–Crippen LogP) is 2.01. The molecule has 9 heteroatoms. The smallest absolute Gasteiger partial charge is 0.253 e. The van der Waals surface area contributed by atoms with E-state index in [1.165, 1.54) is 4.31 Å². The Bertz CT molecular complexity index is 987. The van der Waals surface area contributed by atoms with Crippen LogP contribution in [0.1, 0.15) is 35.7 Å². The largest absolute Gasteiger partial charge is 0.348 e. The fourth-order valence-electron chi connectivity index (χ4n) is 3.38. The third-order valence-electron chi connectivity index (χ3n) is 5.19. The van der Waals surface area contributed by atoms with Gasteiger partial charge in [0.2, 0.25) is 15.9 Å². The van der Waals surface area contributed by atoms with Gasteiger partial charge in [-0.1, -0.05) is 18.2 Å². The lowest BCUT2D eigenvalue weighted by Crippen LogP contribution is -2.42. The first kappa shape index (κ1) is 21.9. The summed E-state index contributed by atoms with van der Waals surface area (Å²) in [4.78, 5) is 29.4. The van der Waals surface area contributed by atoms with Gasteiger partial charge in [0, 0.05) is 37.9 Å². The maximum atomic E-state index is 12.7. The van der Waals surface area contributed by atoms with E-state index in [1.54, 1.807) is 49.6 Å². The standard InChI is InChI=1S/C21H26N4O4S/c1-2-30(28,29)25-12-9-17(10-13-25)20(26)24-19-8-4-3-7-18(19)21(27)23-15-16-6-5-11-22-14-16/h3-8,11,14,17H,2,9-10,12-13,15H2,1H3,(H,23,27)(H,24,26). The van der Waals surface area contributed by atoms with Gasteiger partial charge in [-0.2, -0.15) is 0 Å². The number of carbonyl (C=O) groups is 2. The topological polar surface area (TPSA) is 108 Å². The molecule has 2 heterocycles. The number of amides is 2. The molecule has 2 aromatic rings. The molecule has 0 atom stereocenters. The molecule has 0 radical (unpaired) electrons. The summed E-state index contributed by atoms with van der Waals surface area (Å²) in [7, 11) is -3.23. The molecule has 1 aliphatic heterocycles. The van der Waals surface area contributed by atoms with E-state index >= 15 is 0 Å². The maximum Gasteiger partial charge on any atom is 0.253 e. The van der Waals surface area contributed by atoms with Crippen LogP contribution in [0.3, 0.4) is 0 Å². The zero-order chi connectivity index (χ0) is 21.6. The van der Waals surface area contributed by atoms with Gasteiger partial charge >= 0.3 is 0 Å². The summed E-state index contributed by atoms with van der Waals surface area (Å²) in [5.74, 6) is -0.722. The number of benzene rings is 1. The number of nitrogens with one attached hydrogen (secondary N) is 2. The molecule has 0 saturated carbocycles. The number of sulfonamides is 1. The minimum Gasteiger partial charge on any atom is -0.348 e. The predicted molar refractivity (Wildman–Crippen MR) is 114 cm³/mol. The second-order valence-electron chi connectivity index (χ2n) is 7.15. The quantitative estimate of drug-likeness (QED) is 0.699. The van der Waals surface area contributed by atoms with Gasteiger partial charge in [-0.05, 0) is 43.5 Å². The van der Waals surface area contributed by atoms with Crippen LogP contribution < -0.4 is 10.6 Å². The van der Waals surface area contributed by atoms with E-state index in [1.807, 2.05) is 6.07 Å². The van der Waals surface area contributed by atoms with Gasteiger partial charge in [0.1, 0.15) is 0 Å². The summed E-state index contributed by atoms with van der Waals surface area (Å²) in [6.07, 6.45) is 4.26. The molecule has 0 spiro atoms. The van der Waals surface area contributed by atoms with E-state index in [0.717, 1.165) is 5.56 Å². The van der Waals surface area contributed by atoms with Crippen LogP contribution in [0.4, 0.5) is 5.69 Å². The van der Waals surface area contributed by atoms with Crippen LogP contribution in [0.25, 0.3) is 0 Å². The number of nitrogens with zero attached hydrogens (tertiary/aromatic N) is 2. The Labute approximate surface area is 176 Å². The molecule has 0 aliphatic carbocycles. The minimum absolute atomic E-state index is 0.0609. The van der Waals surface area contributed by atoms with Crippen molar-refractivity contribution in [3.05, 3.63) is 59.9 Å². The van der Waals surface area contributed by atoms with Gasteiger partial charge in [0.05, 0.1) is 17.0 Å². The molecule has 8 nitrogen and oxygen atoms in total. The highest BCUT2D eigenvalue weighted by molar-refractivity contribution is 7.89. The molecular formula is C21H26N4O4S. The Morgan fingerprint density at radius 2 is 1.87 bits per heavy atom. The van der Waals surface area contributed by atoms with Crippen LogP contribution in [-0.2, 0) is 21.4 Å². The monoisotopic (exact) mass is 430 g/mol. The second-order valence-corrected chi connectivity index (χ2v) is 9.41. The van der Waals surface area contributed by atoms with E-state index in [4.69, 9.17) is 0 Å². The fourth-order valence-corrected chi connectivity index (χ4v) is 4.52. The van der Waals surface area contributed by atoms with Crippen molar-refractivity contribution in [2.24, 2.45) is 5.92 Å². The third kappa shape index (κ3) is 5.43. The number of piperidine rings is 1. The highest BCUT2D eigenvalue weighted by atomic mass is 32.2. The zero-order valence-corrected chi connectivity index (χ0v) is 17.7. The SMILES string of the molecule is CCS(=O)(=O)N1CCC(C(=O)Nc2ccccc2C(=O)NCc2cccnc2)CC1. The molecule has 2 N–H and O–H groups in total. The van der Waals surface area contributed by atoms with Crippen molar-refractivity contribution in [3.8, 4) is 0 Å². The molecule has 30 heavy (non-hydrogen) atoms. The molecule has 1 aromatic carbocycles. The van der Waals surface area contributed by atoms with Crippen LogP contribution in [0.5, 0.6) is 0 Å². The molecular weight excluding hydrogens is 404 g/mol. The zero-order valence-electron chi connectivity index (χ0n) is 16.9. The molecule has 2 amide bonds. The van der Waals surface area contributed by atoms with E-state index < -0.39 is 10.0 Å². The number of hydrogen-bond donors (Lipinski definition) is 2. The average molecular weight is 431 g/mol. The Kier molecular flexibility index (Phi) is 7.17. The Morgan fingerprint density at radius 3 is 2.53 bits per heavy atom. The van der Waals surface area contributed by atoms with E-state index in [9.17, 15) is 18.0 Å². The lowest BCUT2D eigenvalue weighted by Gasteiger charge is -2.30. The number of rotatable bonds is 7. The van der Waals surface area contributed by atoms with E-state index in [2.05, 4.69) is 15.6 Å². The number of pyridine rings is 1. The average Bonchev–Trinajstić information content (AvgIpc) is 2.78. The summed E-state index contributed by atoms with van der Waals surface area (Å²) in [5, 5.41) is 5.68. The summed E-state index contributed by atoms with van der Waals surface area (Å²) < 4.78 is 25.4. The highest BCUT2D eigenvalue weighted by Crippen LogP contribution is 2.23. The summed E-state index contributed by atoms with van der Waals surface area (Å²) in [5.41, 5.74) is 1.69. The van der Waals surface area contributed by atoms with Crippen LogP contribution in [-0.4, -0.2) is 48.4 Å². The van der Waals surface area contributed by atoms with Crippen molar-refractivity contribution < 1.29 is 18.0 Å². The minimum atomic E-state index is -3.23. The van der Waals surface area contributed by atoms with Gasteiger partial charge in [-0.3, -0.25) is 14.6 Å². The van der Waals surface area contributed by atoms with Gasteiger partial charge in [0.15, 0.2) is 0 Å². The van der Waals surface area contributed by atoms with E-state index in [-0.39, 0.29) is 23.5 Å².